The van der Waals surface area contributed by atoms with Gasteiger partial charge in [0, 0.05) is 5.69 Å². The van der Waals surface area contributed by atoms with Gasteiger partial charge in [-0.2, -0.15) is 18.4 Å². The Bertz CT molecular complexity index is 565. The minimum atomic E-state index is -4.70. The van der Waals surface area contributed by atoms with E-state index >= 15 is 0 Å². The Kier molecular flexibility index (Phi) is 4.45. The molecule has 1 aromatic carbocycles. The average Bonchev–Trinajstić information content (AvgIpc) is 2.37. The quantitative estimate of drug-likeness (QED) is 0.822. The minimum Gasteiger partial charge on any atom is -0.381 e. The van der Waals surface area contributed by atoms with Crippen molar-refractivity contribution >= 4 is 19.4 Å². The molecule has 0 saturated carbocycles. The van der Waals surface area contributed by atoms with Gasteiger partial charge in [-0.25, -0.2) is 0 Å². The number of carbonyl (C=O) groups excluding carboxylic acids is 1. The van der Waals surface area contributed by atoms with Crippen LogP contribution in [0.15, 0.2) is 18.2 Å². The lowest BCUT2D eigenvalue weighted by molar-refractivity contribution is -0.137. The van der Waals surface area contributed by atoms with Crippen LogP contribution in [-0.2, 0) is 11.0 Å². The first-order valence-corrected chi connectivity index (χ1v) is 5.77. The van der Waals surface area contributed by atoms with Gasteiger partial charge in [0.25, 0.3) is 5.91 Å². The summed E-state index contributed by atoms with van der Waals surface area (Å²) < 4.78 is 38.2. The molecule has 0 aliphatic carbocycles. The molecule has 0 heterocycles. The first kappa shape index (κ1) is 16.1. The highest BCUT2D eigenvalue weighted by molar-refractivity contribution is 6.13. The maximum absolute atomic E-state index is 12.7. The predicted octanol–water partition coefficient (Wildman–Crippen LogP) is 1.32. The molecule has 0 saturated heterocycles. The summed E-state index contributed by atoms with van der Waals surface area (Å²) in [6, 6.07) is 4.26. The number of nitriles is 1. The van der Waals surface area contributed by atoms with Crippen molar-refractivity contribution in [2.45, 2.75) is 25.0 Å². The van der Waals surface area contributed by atoms with Crippen molar-refractivity contribution in [3.05, 3.63) is 29.3 Å². The van der Waals surface area contributed by atoms with Crippen LogP contribution in [0.1, 0.15) is 18.1 Å². The van der Waals surface area contributed by atoms with Crippen LogP contribution < -0.4 is 5.32 Å². The number of hydrogen-bond donors (Lipinski definition) is 2. The zero-order valence-electron chi connectivity index (χ0n) is 10.9. The van der Waals surface area contributed by atoms with E-state index in [0.717, 1.165) is 6.07 Å². The molecule has 1 atom stereocenters. The summed E-state index contributed by atoms with van der Waals surface area (Å²) in [6.07, 6.45) is -4.58. The fraction of sp³-hybridized carbons (Fsp3) is 0.333. The van der Waals surface area contributed by atoms with Crippen molar-refractivity contribution in [1.29, 1.82) is 5.26 Å². The van der Waals surface area contributed by atoms with Gasteiger partial charge in [0.05, 0.1) is 17.2 Å². The van der Waals surface area contributed by atoms with E-state index in [9.17, 15) is 23.1 Å². The smallest absolute Gasteiger partial charge is 0.381 e. The number of rotatable bonds is 3. The highest BCUT2D eigenvalue weighted by Crippen LogP contribution is 2.33. The van der Waals surface area contributed by atoms with E-state index in [0.29, 0.717) is 6.07 Å². The summed E-state index contributed by atoms with van der Waals surface area (Å²) in [4.78, 5) is 11.7. The van der Waals surface area contributed by atoms with Gasteiger partial charge in [0.15, 0.2) is 0 Å². The topological polar surface area (TPSA) is 73.1 Å². The van der Waals surface area contributed by atoms with E-state index in [1.54, 1.807) is 7.85 Å². The third-order valence-corrected chi connectivity index (χ3v) is 2.88. The van der Waals surface area contributed by atoms with Gasteiger partial charge in [0.1, 0.15) is 13.4 Å². The zero-order valence-corrected chi connectivity index (χ0v) is 10.9. The predicted molar refractivity (Wildman–Crippen MR) is 68.8 cm³/mol. The third-order valence-electron chi connectivity index (χ3n) is 2.88. The molecule has 0 bridgehead atoms. The molecule has 8 heteroatoms. The van der Waals surface area contributed by atoms with Crippen molar-refractivity contribution in [2.24, 2.45) is 0 Å². The van der Waals surface area contributed by atoms with E-state index in [4.69, 9.17) is 5.26 Å². The number of hydrogen-bond acceptors (Lipinski definition) is 3. The van der Waals surface area contributed by atoms with Crippen LogP contribution in [0.3, 0.4) is 0 Å². The molecule has 0 aromatic heterocycles. The van der Waals surface area contributed by atoms with Crippen LogP contribution in [-0.4, -0.2) is 24.5 Å². The second kappa shape index (κ2) is 5.55. The molecule has 1 amide bonds. The summed E-state index contributed by atoms with van der Waals surface area (Å²) >= 11 is 0. The molecule has 0 spiro atoms. The lowest BCUT2D eigenvalue weighted by atomic mass is 9.88. The van der Waals surface area contributed by atoms with E-state index < -0.39 is 28.8 Å². The summed E-state index contributed by atoms with van der Waals surface area (Å²) in [7, 11) is 1.57. The average molecular weight is 284 g/mol. The molecule has 1 unspecified atom stereocenters. The molecule has 20 heavy (non-hydrogen) atoms. The van der Waals surface area contributed by atoms with Gasteiger partial charge in [-0.05, 0) is 31.4 Å². The number of anilines is 1. The van der Waals surface area contributed by atoms with Crippen molar-refractivity contribution in [2.75, 3.05) is 5.32 Å². The molecule has 1 rings (SSSR count). The fourth-order valence-corrected chi connectivity index (χ4v) is 1.38. The van der Waals surface area contributed by atoms with E-state index in [1.165, 1.54) is 19.1 Å². The normalized spacial score (nSPS) is 14.2. The number of nitrogens with zero attached hydrogens (tertiary/aromatic N) is 1. The molecule has 1 aromatic rings. The molecule has 2 N–H and O–H groups in total. The second-order valence-corrected chi connectivity index (χ2v) is 4.45. The Balaban J connectivity index is 3.12. The van der Waals surface area contributed by atoms with Crippen LogP contribution in [0.4, 0.5) is 18.9 Å². The molecular formula is C12H12BF3N2O2. The van der Waals surface area contributed by atoms with E-state index in [-0.39, 0.29) is 12.0 Å². The first-order valence-electron chi connectivity index (χ1n) is 5.77. The Morgan fingerprint density at radius 1 is 1.50 bits per heavy atom. The molecule has 0 aliphatic rings. The summed E-state index contributed by atoms with van der Waals surface area (Å²) in [5.41, 5.74) is -3.46. The van der Waals surface area contributed by atoms with Gasteiger partial charge in [-0.1, -0.05) is 0 Å². The summed E-state index contributed by atoms with van der Waals surface area (Å²) in [5.74, 6) is -0.808. The standard InChI is InChI=1S/C12H12BF3N2O2/c1-11(20,6-13)10(19)18-8-3-2-7(5-17)9(4-8)12(14,15)16/h2-4,20H,6,13H2,1H3,(H,18,19). The van der Waals surface area contributed by atoms with Gasteiger partial charge in [0.2, 0.25) is 0 Å². The largest absolute Gasteiger partial charge is 0.417 e. The Hall–Kier alpha value is -2.01. The maximum atomic E-state index is 12.7. The first-order chi connectivity index (χ1) is 9.11. The van der Waals surface area contributed by atoms with Crippen molar-refractivity contribution < 1.29 is 23.1 Å². The number of nitrogens with one attached hydrogen (secondary N) is 1. The minimum absolute atomic E-state index is 0.112. The summed E-state index contributed by atoms with van der Waals surface area (Å²) in [6.45, 7) is 1.26. The van der Waals surface area contributed by atoms with Crippen molar-refractivity contribution in [3.63, 3.8) is 0 Å². The third kappa shape index (κ3) is 3.51. The molecule has 106 valence electrons. The van der Waals surface area contributed by atoms with Crippen molar-refractivity contribution in [3.8, 4) is 6.07 Å². The van der Waals surface area contributed by atoms with Crippen LogP contribution in [0.2, 0.25) is 6.32 Å². The number of carbonyl (C=O) groups is 1. The number of amides is 1. The van der Waals surface area contributed by atoms with Gasteiger partial charge >= 0.3 is 6.18 Å². The number of benzene rings is 1. The number of halogens is 3. The van der Waals surface area contributed by atoms with Crippen LogP contribution in [0.25, 0.3) is 0 Å². The summed E-state index contributed by atoms with van der Waals surface area (Å²) in [5, 5.41) is 20.5. The molecule has 0 radical (unpaired) electrons. The second-order valence-electron chi connectivity index (χ2n) is 4.45. The number of alkyl halides is 3. The van der Waals surface area contributed by atoms with Gasteiger partial charge in [-0.3, -0.25) is 4.79 Å². The van der Waals surface area contributed by atoms with E-state index in [2.05, 4.69) is 5.32 Å². The molecule has 0 aliphatic heterocycles. The zero-order chi connectivity index (χ0) is 15.6. The molecular weight excluding hydrogens is 272 g/mol. The van der Waals surface area contributed by atoms with Gasteiger partial charge in [-0.15, -0.1) is 0 Å². The van der Waals surface area contributed by atoms with Crippen LogP contribution in [0.5, 0.6) is 0 Å². The Morgan fingerprint density at radius 2 is 2.10 bits per heavy atom. The lowest BCUT2D eigenvalue weighted by Gasteiger charge is -2.20. The van der Waals surface area contributed by atoms with Crippen LogP contribution in [0, 0.1) is 11.3 Å². The lowest BCUT2D eigenvalue weighted by Crippen LogP contribution is -2.39. The number of aliphatic hydroxyl groups is 1. The molecule has 4 nitrogen and oxygen atoms in total. The fourth-order valence-electron chi connectivity index (χ4n) is 1.38. The van der Waals surface area contributed by atoms with Crippen LogP contribution >= 0.6 is 0 Å². The van der Waals surface area contributed by atoms with Gasteiger partial charge < -0.3 is 10.4 Å². The highest BCUT2D eigenvalue weighted by atomic mass is 19.4. The Morgan fingerprint density at radius 3 is 2.55 bits per heavy atom. The highest BCUT2D eigenvalue weighted by Gasteiger charge is 2.34. The van der Waals surface area contributed by atoms with E-state index in [1.807, 2.05) is 0 Å². The SMILES string of the molecule is BCC(C)(O)C(=O)Nc1ccc(C#N)c(C(F)(F)F)c1. The van der Waals surface area contributed by atoms with Crippen molar-refractivity contribution in [1.82, 2.24) is 0 Å². The Labute approximate surface area is 114 Å². The monoisotopic (exact) mass is 284 g/mol. The maximum Gasteiger partial charge on any atom is 0.417 e. The molecule has 0 fully saturated rings.